The van der Waals surface area contributed by atoms with Crippen LogP contribution in [0.1, 0.15) is 60.9 Å². The minimum absolute atomic E-state index is 0.0911. The van der Waals surface area contributed by atoms with Gasteiger partial charge in [-0.1, -0.05) is 26.0 Å². The van der Waals surface area contributed by atoms with Gasteiger partial charge in [0.25, 0.3) is 5.91 Å². The van der Waals surface area contributed by atoms with Crippen LogP contribution in [-0.4, -0.2) is 57.0 Å². The third-order valence-electron chi connectivity index (χ3n) is 6.16. The highest BCUT2D eigenvalue weighted by Crippen LogP contribution is 2.28. The van der Waals surface area contributed by atoms with Crippen LogP contribution >= 0.6 is 0 Å². The van der Waals surface area contributed by atoms with E-state index in [1.54, 1.807) is 17.1 Å². The zero-order valence-corrected chi connectivity index (χ0v) is 20.8. The van der Waals surface area contributed by atoms with Crippen molar-refractivity contribution in [1.82, 2.24) is 30.2 Å². The molecule has 182 valence electrons. The molecule has 0 radical (unpaired) electrons. The molecule has 9 nitrogen and oxygen atoms in total. The van der Waals surface area contributed by atoms with Crippen LogP contribution < -0.4 is 10.6 Å². The number of likely N-dealkylation sites (tertiary alicyclic amines) is 1. The predicted octanol–water partition coefficient (Wildman–Crippen LogP) is 3.71. The van der Waals surface area contributed by atoms with Crippen LogP contribution in [0, 0.1) is 18.3 Å². The van der Waals surface area contributed by atoms with Crippen molar-refractivity contribution in [2.75, 3.05) is 31.5 Å². The number of aryl methyl sites for hydroxylation is 1. The Bertz CT molecular complexity index is 1240. The third-order valence-corrected chi connectivity index (χ3v) is 6.16. The molecule has 0 unspecified atom stereocenters. The molecule has 3 aromatic rings. The van der Waals surface area contributed by atoms with Crippen LogP contribution in [-0.2, 0) is 5.41 Å². The number of nitrogens with one attached hydrogen (secondary N) is 2. The first-order valence-electron chi connectivity index (χ1n) is 12.0. The zero-order valence-electron chi connectivity index (χ0n) is 20.8. The number of aromatic nitrogens is 4. The zero-order chi connectivity index (χ0) is 25.0. The van der Waals surface area contributed by atoms with E-state index < -0.39 is 0 Å². The van der Waals surface area contributed by atoms with Gasteiger partial charge >= 0.3 is 0 Å². The number of anilines is 2. The Kier molecular flexibility index (Phi) is 7.12. The Balaban J connectivity index is 1.49. The first kappa shape index (κ1) is 24.4. The summed E-state index contributed by atoms with van der Waals surface area (Å²) in [6.07, 6.45) is 5.81. The molecule has 1 saturated heterocycles. The average molecular weight is 473 g/mol. The molecular weight excluding hydrogens is 440 g/mol. The Morgan fingerprint density at radius 2 is 1.91 bits per heavy atom. The summed E-state index contributed by atoms with van der Waals surface area (Å²) in [4.78, 5) is 19.4. The summed E-state index contributed by atoms with van der Waals surface area (Å²) in [6.45, 7) is 11.9. The maximum absolute atomic E-state index is 12.5. The van der Waals surface area contributed by atoms with Gasteiger partial charge in [-0.05, 0) is 68.1 Å². The van der Waals surface area contributed by atoms with E-state index in [4.69, 9.17) is 0 Å². The van der Waals surface area contributed by atoms with Gasteiger partial charge in [-0.25, -0.2) is 4.68 Å². The summed E-state index contributed by atoms with van der Waals surface area (Å²) in [7, 11) is 0. The molecule has 1 aromatic carbocycles. The topological polar surface area (TPSA) is 112 Å². The Labute approximate surface area is 206 Å². The van der Waals surface area contributed by atoms with Crippen molar-refractivity contribution in [1.29, 1.82) is 5.26 Å². The smallest absolute Gasteiger partial charge is 0.273 e. The van der Waals surface area contributed by atoms with Gasteiger partial charge in [0.05, 0.1) is 41.1 Å². The molecule has 0 saturated carbocycles. The van der Waals surface area contributed by atoms with Gasteiger partial charge in [0.1, 0.15) is 0 Å². The Morgan fingerprint density at radius 1 is 1.14 bits per heavy atom. The van der Waals surface area contributed by atoms with Gasteiger partial charge < -0.3 is 15.5 Å². The minimum Gasteiger partial charge on any atom is -0.354 e. The number of nitriles is 1. The van der Waals surface area contributed by atoms with Crippen molar-refractivity contribution in [3.8, 4) is 11.8 Å². The maximum atomic E-state index is 12.5. The lowest BCUT2D eigenvalue weighted by Gasteiger charge is -2.21. The molecule has 9 heteroatoms. The number of rotatable bonds is 7. The minimum atomic E-state index is -0.238. The summed E-state index contributed by atoms with van der Waals surface area (Å²) in [5, 5.41) is 24.0. The quantitative estimate of drug-likeness (QED) is 0.539. The molecule has 0 bridgehead atoms. The van der Waals surface area contributed by atoms with Crippen LogP contribution in [0.3, 0.4) is 0 Å². The molecule has 4 rings (SSSR count). The highest BCUT2D eigenvalue weighted by atomic mass is 16.2. The summed E-state index contributed by atoms with van der Waals surface area (Å²) in [5.74, 6) is -0.238. The van der Waals surface area contributed by atoms with Crippen molar-refractivity contribution in [3.05, 3.63) is 59.2 Å². The summed E-state index contributed by atoms with van der Waals surface area (Å²) in [6, 6.07) is 9.91. The number of hydrogen-bond donors (Lipinski definition) is 2. The van der Waals surface area contributed by atoms with E-state index in [1.165, 1.54) is 12.8 Å². The molecule has 3 heterocycles. The Hall–Kier alpha value is -3.77. The van der Waals surface area contributed by atoms with Crippen LogP contribution in [0.15, 0.2) is 36.7 Å². The molecule has 1 amide bonds. The fourth-order valence-corrected chi connectivity index (χ4v) is 4.10. The SMILES string of the molecule is Cc1ncc(Nc2cc(C#N)cc(C(C)(C)C)c2)cc1-n1cc(C(=O)NCCN2CCCC2)nn1. The van der Waals surface area contributed by atoms with Gasteiger partial charge in [0.15, 0.2) is 5.69 Å². The van der Waals surface area contributed by atoms with E-state index in [0.29, 0.717) is 17.8 Å². The van der Waals surface area contributed by atoms with Gasteiger partial charge in [-0.2, -0.15) is 5.26 Å². The predicted molar refractivity (Wildman–Crippen MR) is 135 cm³/mol. The van der Waals surface area contributed by atoms with E-state index in [2.05, 4.69) is 57.7 Å². The summed E-state index contributed by atoms with van der Waals surface area (Å²) in [5.41, 5.74) is 4.85. The fourth-order valence-electron chi connectivity index (χ4n) is 4.10. The van der Waals surface area contributed by atoms with Crippen molar-refractivity contribution in [2.24, 2.45) is 0 Å². The van der Waals surface area contributed by atoms with E-state index in [9.17, 15) is 10.1 Å². The highest BCUT2D eigenvalue weighted by molar-refractivity contribution is 5.91. The van der Waals surface area contributed by atoms with Gasteiger partial charge in [-0.15, -0.1) is 5.10 Å². The number of nitrogens with zero attached hydrogens (tertiary/aromatic N) is 6. The van der Waals surface area contributed by atoms with Crippen molar-refractivity contribution in [2.45, 2.75) is 46.0 Å². The fraction of sp³-hybridized carbons (Fsp3) is 0.423. The standard InChI is InChI=1S/C26H32N8O/c1-18-24(34-17-23(31-32-34)25(35)28-7-10-33-8-5-6-9-33)14-22(16-29-18)30-21-12-19(15-27)11-20(13-21)26(2,3)4/h11-14,16-17,30H,5-10H2,1-4H3,(H,28,35). The number of pyridine rings is 1. The molecule has 1 aliphatic heterocycles. The van der Waals surface area contributed by atoms with Crippen molar-refractivity contribution >= 4 is 17.3 Å². The van der Waals surface area contributed by atoms with Crippen LogP contribution in [0.4, 0.5) is 11.4 Å². The number of carbonyl (C=O) groups is 1. The first-order chi connectivity index (χ1) is 16.7. The average Bonchev–Trinajstić information content (AvgIpc) is 3.52. The molecular formula is C26H32N8O. The second kappa shape index (κ2) is 10.2. The van der Waals surface area contributed by atoms with Crippen LogP contribution in [0.2, 0.25) is 0 Å². The van der Waals surface area contributed by atoms with Crippen molar-refractivity contribution < 1.29 is 4.79 Å². The molecule has 1 aliphatic rings. The van der Waals surface area contributed by atoms with Crippen molar-refractivity contribution in [3.63, 3.8) is 0 Å². The molecule has 0 atom stereocenters. The Morgan fingerprint density at radius 3 is 2.63 bits per heavy atom. The van der Waals surface area contributed by atoms with E-state index in [-0.39, 0.29) is 17.0 Å². The summed E-state index contributed by atoms with van der Waals surface area (Å²) >= 11 is 0. The molecule has 0 aliphatic carbocycles. The van der Waals surface area contributed by atoms with Crippen LogP contribution in [0.25, 0.3) is 5.69 Å². The molecule has 35 heavy (non-hydrogen) atoms. The van der Waals surface area contributed by atoms with E-state index in [0.717, 1.165) is 42.3 Å². The van der Waals surface area contributed by atoms with Gasteiger partial charge in [0.2, 0.25) is 0 Å². The van der Waals surface area contributed by atoms with Gasteiger partial charge in [-0.3, -0.25) is 9.78 Å². The molecule has 2 aromatic heterocycles. The number of hydrogen-bond acceptors (Lipinski definition) is 7. The van der Waals surface area contributed by atoms with E-state index in [1.807, 2.05) is 31.2 Å². The molecule has 2 N–H and O–H groups in total. The third kappa shape index (κ3) is 6.03. The number of carbonyl (C=O) groups excluding carboxylic acids is 1. The lowest BCUT2D eigenvalue weighted by atomic mass is 9.86. The number of benzene rings is 1. The maximum Gasteiger partial charge on any atom is 0.273 e. The van der Waals surface area contributed by atoms with Crippen LogP contribution in [0.5, 0.6) is 0 Å². The lowest BCUT2D eigenvalue weighted by molar-refractivity contribution is 0.0944. The lowest BCUT2D eigenvalue weighted by Crippen LogP contribution is -2.33. The monoisotopic (exact) mass is 472 g/mol. The highest BCUT2D eigenvalue weighted by Gasteiger charge is 2.17. The van der Waals surface area contributed by atoms with Gasteiger partial charge in [0, 0.05) is 18.8 Å². The second-order valence-corrected chi connectivity index (χ2v) is 9.97. The first-order valence-corrected chi connectivity index (χ1v) is 12.0. The largest absolute Gasteiger partial charge is 0.354 e. The molecule has 1 fully saturated rings. The molecule has 0 spiro atoms. The van der Waals surface area contributed by atoms with E-state index >= 15 is 0 Å². The normalized spacial score (nSPS) is 14.0. The summed E-state index contributed by atoms with van der Waals surface area (Å²) < 4.78 is 1.56. The second-order valence-electron chi connectivity index (χ2n) is 9.97. The number of amides is 1.